The Balaban J connectivity index is 2.68. The highest BCUT2D eigenvalue weighted by atomic mass is 35.5. The van der Waals surface area contributed by atoms with Crippen LogP contribution in [0.25, 0.3) is 0 Å². The van der Waals surface area contributed by atoms with E-state index in [0.717, 1.165) is 23.2 Å². The zero-order chi connectivity index (χ0) is 12.0. The van der Waals surface area contributed by atoms with Crippen LogP contribution >= 0.6 is 23.4 Å². The number of thioether (sulfide) groups is 1. The quantitative estimate of drug-likeness (QED) is 0.767. The minimum atomic E-state index is 0.753. The Morgan fingerprint density at radius 2 is 2.12 bits per heavy atom. The summed E-state index contributed by atoms with van der Waals surface area (Å²) in [6.07, 6.45) is 1.23. The van der Waals surface area contributed by atoms with Gasteiger partial charge in [-0.1, -0.05) is 37.6 Å². The molecular weight excluding hydrogens is 238 g/mol. The summed E-state index contributed by atoms with van der Waals surface area (Å²) in [6, 6.07) is 6.13. The molecule has 90 valence electrons. The molecule has 1 aromatic carbocycles. The number of hydrogen-bond donors (Lipinski definition) is 1. The normalized spacial score (nSPS) is 11.1. The van der Waals surface area contributed by atoms with Crippen LogP contribution in [0.1, 0.15) is 25.8 Å². The second-order valence-corrected chi connectivity index (χ2v) is 5.80. The van der Waals surface area contributed by atoms with E-state index >= 15 is 0 Å². The Morgan fingerprint density at radius 3 is 2.75 bits per heavy atom. The summed E-state index contributed by atoms with van der Waals surface area (Å²) >= 11 is 8.10. The molecule has 0 saturated heterocycles. The predicted molar refractivity (Wildman–Crippen MR) is 74.4 cm³/mol. The standard InChI is InChI=1S/C13H20ClNS/c1-10(2)7-8-16-13-11(9-15-3)5-4-6-12(13)14/h4-6,10,15H,7-9H2,1-3H3. The maximum absolute atomic E-state index is 6.23. The van der Waals surface area contributed by atoms with Crippen molar-refractivity contribution in [1.29, 1.82) is 0 Å². The number of benzene rings is 1. The van der Waals surface area contributed by atoms with Crippen LogP contribution in [0, 0.1) is 5.92 Å². The Kier molecular flexibility index (Phi) is 6.25. The molecule has 1 nitrogen and oxygen atoms in total. The van der Waals surface area contributed by atoms with E-state index in [4.69, 9.17) is 11.6 Å². The Morgan fingerprint density at radius 1 is 1.38 bits per heavy atom. The van der Waals surface area contributed by atoms with Crippen molar-refractivity contribution in [1.82, 2.24) is 5.32 Å². The van der Waals surface area contributed by atoms with Crippen molar-refractivity contribution in [3.8, 4) is 0 Å². The van der Waals surface area contributed by atoms with Crippen molar-refractivity contribution in [2.45, 2.75) is 31.7 Å². The van der Waals surface area contributed by atoms with Crippen LogP contribution in [0.4, 0.5) is 0 Å². The topological polar surface area (TPSA) is 12.0 Å². The maximum atomic E-state index is 6.23. The Hall–Kier alpha value is -0.180. The fourth-order valence-corrected chi connectivity index (χ4v) is 3.12. The zero-order valence-electron chi connectivity index (χ0n) is 10.2. The molecule has 0 saturated carbocycles. The lowest BCUT2D eigenvalue weighted by atomic mass is 10.2. The maximum Gasteiger partial charge on any atom is 0.0545 e. The summed E-state index contributed by atoms with van der Waals surface area (Å²) in [5, 5.41) is 4.06. The number of nitrogens with one attached hydrogen (secondary N) is 1. The summed E-state index contributed by atoms with van der Waals surface area (Å²) in [7, 11) is 1.96. The van der Waals surface area contributed by atoms with Crippen LogP contribution in [0.5, 0.6) is 0 Å². The highest BCUT2D eigenvalue weighted by Crippen LogP contribution is 2.31. The SMILES string of the molecule is CNCc1cccc(Cl)c1SCCC(C)C. The summed E-state index contributed by atoms with van der Waals surface area (Å²) in [6.45, 7) is 5.38. The van der Waals surface area contributed by atoms with E-state index in [-0.39, 0.29) is 0 Å². The van der Waals surface area contributed by atoms with Gasteiger partial charge in [0.1, 0.15) is 0 Å². The molecule has 0 fully saturated rings. The lowest BCUT2D eigenvalue weighted by Gasteiger charge is -2.11. The molecule has 0 aliphatic carbocycles. The largest absolute Gasteiger partial charge is 0.316 e. The van der Waals surface area contributed by atoms with E-state index in [9.17, 15) is 0 Å². The van der Waals surface area contributed by atoms with Crippen LogP contribution in [-0.4, -0.2) is 12.8 Å². The van der Waals surface area contributed by atoms with Gasteiger partial charge in [0.15, 0.2) is 0 Å². The van der Waals surface area contributed by atoms with Gasteiger partial charge in [-0.2, -0.15) is 0 Å². The lowest BCUT2D eigenvalue weighted by molar-refractivity contribution is 0.632. The molecule has 1 N–H and O–H groups in total. The first-order valence-corrected chi connectivity index (χ1v) is 7.06. The molecule has 0 aliphatic heterocycles. The average Bonchev–Trinajstić information content (AvgIpc) is 2.22. The van der Waals surface area contributed by atoms with Gasteiger partial charge >= 0.3 is 0 Å². The molecule has 16 heavy (non-hydrogen) atoms. The van der Waals surface area contributed by atoms with Crippen molar-refractivity contribution >= 4 is 23.4 Å². The first-order valence-electron chi connectivity index (χ1n) is 5.70. The van der Waals surface area contributed by atoms with Crippen LogP contribution in [-0.2, 0) is 6.54 Å². The minimum Gasteiger partial charge on any atom is -0.316 e. The van der Waals surface area contributed by atoms with Gasteiger partial charge in [-0.25, -0.2) is 0 Å². The predicted octanol–water partition coefficient (Wildman–Crippen LogP) is 4.20. The van der Waals surface area contributed by atoms with Gasteiger partial charge in [0.2, 0.25) is 0 Å². The van der Waals surface area contributed by atoms with E-state index in [2.05, 4.69) is 25.2 Å². The number of halogens is 1. The van der Waals surface area contributed by atoms with Gasteiger partial charge in [0, 0.05) is 11.4 Å². The monoisotopic (exact) mass is 257 g/mol. The molecule has 0 bridgehead atoms. The summed E-state index contributed by atoms with van der Waals surface area (Å²) < 4.78 is 0. The molecule has 1 rings (SSSR count). The zero-order valence-corrected chi connectivity index (χ0v) is 11.8. The van der Waals surface area contributed by atoms with Crippen molar-refractivity contribution in [2.24, 2.45) is 5.92 Å². The molecule has 0 amide bonds. The second kappa shape index (κ2) is 7.21. The van der Waals surface area contributed by atoms with Crippen molar-refractivity contribution in [2.75, 3.05) is 12.8 Å². The highest BCUT2D eigenvalue weighted by Gasteiger charge is 2.07. The fourth-order valence-electron chi connectivity index (χ4n) is 1.44. The van der Waals surface area contributed by atoms with Crippen molar-refractivity contribution in [3.63, 3.8) is 0 Å². The first kappa shape index (κ1) is 13.9. The third-order valence-corrected chi connectivity index (χ3v) is 3.99. The second-order valence-electron chi connectivity index (χ2n) is 4.29. The van der Waals surface area contributed by atoms with Crippen molar-refractivity contribution in [3.05, 3.63) is 28.8 Å². The van der Waals surface area contributed by atoms with Gasteiger partial charge in [-0.05, 0) is 36.8 Å². The van der Waals surface area contributed by atoms with Crippen molar-refractivity contribution < 1.29 is 0 Å². The molecule has 0 unspecified atom stereocenters. The van der Waals surface area contributed by atoms with Gasteiger partial charge in [-0.3, -0.25) is 0 Å². The molecule has 0 aliphatic rings. The number of hydrogen-bond acceptors (Lipinski definition) is 2. The summed E-state index contributed by atoms with van der Waals surface area (Å²) in [5.74, 6) is 1.89. The van der Waals surface area contributed by atoms with Gasteiger partial charge < -0.3 is 5.32 Å². The minimum absolute atomic E-state index is 0.753. The molecule has 1 aromatic rings. The lowest BCUT2D eigenvalue weighted by Crippen LogP contribution is -2.06. The molecule has 3 heteroatoms. The molecule has 0 heterocycles. The van der Waals surface area contributed by atoms with Gasteiger partial charge in [0.25, 0.3) is 0 Å². The summed E-state index contributed by atoms with van der Waals surface area (Å²) in [5.41, 5.74) is 1.30. The van der Waals surface area contributed by atoms with E-state index in [1.54, 1.807) is 0 Å². The van der Waals surface area contributed by atoms with E-state index in [0.29, 0.717) is 0 Å². The summed E-state index contributed by atoms with van der Waals surface area (Å²) in [4.78, 5) is 1.24. The molecule has 0 radical (unpaired) electrons. The number of rotatable bonds is 6. The Labute approximate surface area is 108 Å². The van der Waals surface area contributed by atoms with Gasteiger partial charge in [-0.15, -0.1) is 11.8 Å². The Bertz CT molecular complexity index is 326. The van der Waals surface area contributed by atoms with Crippen LogP contribution in [0.2, 0.25) is 5.02 Å². The smallest absolute Gasteiger partial charge is 0.0545 e. The molecule has 0 atom stereocenters. The highest BCUT2D eigenvalue weighted by molar-refractivity contribution is 7.99. The molecule has 0 spiro atoms. The van der Waals surface area contributed by atoms with Crippen LogP contribution in [0.3, 0.4) is 0 Å². The van der Waals surface area contributed by atoms with Gasteiger partial charge in [0.05, 0.1) is 5.02 Å². The van der Waals surface area contributed by atoms with Crippen LogP contribution in [0.15, 0.2) is 23.1 Å². The van der Waals surface area contributed by atoms with E-state index in [1.165, 1.54) is 16.9 Å². The van der Waals surface area contributed by atoms with E-state index < -0.39 is 0 Å². The third kappa shape index (κ3) is 4.36. The third-order valence-electron chi connectivity index (χ3n) is 2.36. The fraction of sp³-hybridized carbons (Fsp3) is 0.538. The molecular formula is C13H20ClNS. The first-order chi connectivity index (χ1) is 7.65. The van der Waals surface area contributed by atoms with Crippen LogP contribution < -0.4 is 5.32 Å². The molecule has 0 aromatic heterocycles. The van der Waals surface area contributed by atoms with E-state index in [1.807, 2.05) is 30.9 Å². The average molecular weight is 258 g/mol.